The molecular formula is C40H25NOS. The largest absolute Gasteiger partial charge is 0.456 e. The Bertz CT molecular complexity index is 2460. The minimum Gasteiger partial charge on any atom is -0.456 e. The van der Waals surface area contributed by atoms with Crippen LogP contribution in [0.3, 0.4) is 0 Å². The van der Waals surface area contributed by atoms with Gasteiger partial charge in [-0.15, -0.1) is 11.3 Å². The summed E-state index contributed by atoms with van der Waals surface area (Å²) in [5, 5.41) is 7.35. The van der Waals surface area contributed by atoms with Gasteiger partial charge in [0.15, 0.2) is 0 Å². The van der Waals surface area contributed by atoms with Gasteiger partial charge in [-0.2, -0.15) is 0 Å². The molecule has 0 saturated heterocycles. The zero-order valence-electron chi connectivity index (χ0n) is 23.2. The standard InChI is InChI=1S/C40H25NOS/c1-2-11-30-26(9-1)10-7-14-31(30)27-19-21-28(22-20-27)41(29-23-24-33-32-12-4-6-18-38(32)43-39(33)25-29)35-15-8-17-37-40(35)34-13-3-5-16-36(34)42-37/h1-25H. The van der Waals surface area contributed by atoms with E-state index in [1.54, 1.807) is 0 Å². The minimum absolute atomic E-state index is 0.888. The first-order valence-corrected chi connectivity index (χ1v) is 15.3. The first-order chi connectivity index (χ1) is 21.3. The van der Waals surface area contributed by atoms with E-state index in [2.05, 4.69) is 144 Å². The molecule has 0 aliphatic rings. The molecule has 0 spiro atoms. The van der Waals surface area contributed by atoms with Crippen LogP contribution in [0.1, 0.15) is 0 Å². The SMILES string of the molecule is c1ccc2c(-c3ccc(N(c4ccc5c(c4)sc4ccccc45)c4cccc5oc6ccccc6c45)cc3)cccc2c1. The van der Waals surface area contributed by atoms with E-state index in [1.165, 1.54) is 42.1 Å². The van der Waals surface area contributed by atoms with Crippen molar-refractivity contribution < 1.29 is 4.42 Å². The van der Waals surface area contributed by atoms with Crippen LogP contribution in [0.4, 0.5) is 17.1 Å². The molecule has 0 radical (unpaired) electrons. The molecule has 0 amide bonds. The maximum atomic E-state index is 6.32. The number of rotatable bonds is 4. The molecule has 9 aromatic rings. The fraction of sp³-hybridized carbons (Fsp3) is 0. The Morgan fingerprint density at radius 3 is 2.05 bits per heavy atom. The Labute approximate surface area is 252 Å². The summed E-state index contributed by atoms with van der Waals surface area (Å²) in [5.74, 6) is 0. The van der Waals surface area contributed by atoms with Crippen molar-refractivity contribution in [2.45, 2.75) is 0 Å². The van der Waals surface area contributed by atoms with Crippen LogP contribution in [0.2, 0.25) is 0 Å². The minimum atomic E-state index is 0.888. The molecular weight excluding hydrogens is 543 g/mol. The molecule has 0 unspecified atom stereocenters. The Balaban J connectivity index is 1.26. The fourth-order valence-electron chi connectivity index (χ4n) is 6.49. The second kappa shape index (κ2) is 9.59. The zero-order chi connectivity index (χ0) is 28.3. The highest BCUT2D eigenvalue weighted by atomic mass is 32.1. The van der Waals surface area contributed by atoms with E-state index in [1.807, 2.05) is 23.5 Å². The lowest BCUT2D eigenvalue weighted by Gasteiger charge is -2.26. The summed E-state index contributed by atoms with van der Waals surface area (Å²) in [4.78, 5) is 2.38. The summed E-state index contributed by atoms with van der Waals surface area (Å²) in [7, 11) is 0. The van der Waals surface area contributed by atoms with Crippen LogP contribution in [0.5, 0.6) is 0 Å². The number of para-hydroxylation sites is 1. The quantitative estimate of drug-likeness (QED) is 0.210. The topological polar surface area (TPSA) is 16.4 Å². The average Bonchev–Trinajstić information content (AvgIpc) is 3.63. The molecule has 2 aromatic heterocycles. The van der Waals surface area contributed by atoms with E-state index in [-0.39, 0.29) is 0 Å². The van der Waals surface area contributed by atoms with Gasteiger partial charge in [-0.3, -0.25) is 0 Å². The van der Waals surface area contributed by atoms with Crippen molar-refractivity contribution in [1.82, 2.24) is 0 Å². The highest BCUT2D eigenvalue weighted by molar-refractivity contribution is 7.25. The smallest absolute Gasteiger partial charge is 0.137 e. The Kier molecular flexibility index (Phi) is 5.40. The molecule has 2 heterocycles. The number of thiophene rings is 1. The first-order valence-electron chi connectivity index (χ1n) is 14.5. The number of furan rings is 1. The normalized spacial score (nSPS) is 11.7. The highest BCUT2D eigenvalue weighted by Crippen LogP contribution is 2.45. The molecule has 0 N–H and O–H groups in total. The second-order valence-electron chi connectivity index (χ2n) is 10.9. The molecule has 0 fully saturated rings. The Hall–Kier alpha value is -5.38. The molecule has 9 rings (SSSR count). The van der Waals surface area contributed by atoms with Crippen molar-refractivity contribution >= 4 is 81.3 Å². The van der Waals surface area contributed by atoms with Crippen LogP contribution in [0.25, 0.3) is 64.0 Å². The molecule has 0 bridgehead atoms. The summed E-state index contributed by atoms with van der Waals surface area (Å²) >= 11 is 1.85. The van der Waals surface area contributed by atoms with Gasteiger partial charge in [-0.25, -0.2) is 0 Å². The number of hydrogen-bond donors (Lipinski definition) is 0. The predicted molar refractivity (Wildman–Crippen MR) is 184 cm³/mol. The maximum absolute atomic E-state index is 6.32. The van der Waals surface area contributed by atoms with E-state index in [0.717, 1.165) is 39.0 Å². The summed E-state index contributed by atoms with van der Waals surface area (Å²) in [6, 6.07) is 54.3. The molecule has 0 aliphatic heterocycles. The number of anilines is 3. The van der Waals surface area contributed by atoms with Gasteiger partial charge in [0.2, 0.25) is 0 Å². The van der Waals surface area contributed by atoms with Crippen molar-refractivity contribution in [2.24, 2.45) is 0 Å². The molecule has 0 saturated carbocycles. The van der Waals surface area contributed by atoms with Crippen molar-refractivity contribution in [3.63, 3.8) is 0 Å². The van der Waals surface area contributed by atoms with Crippen LogP contribution in [0.15, 0.2) is 156 Å². The Morgan fingerprint density at radius 1 is 0.465 bits per heavy atom. The number of hydrogen-bond acceptors (Lipinski definition) is 3. The third-order valence-corrected chi connectivity index (χ3v) is 9.60. The first kappa shape index (κ1) is 24.2. The van der Waals surface area contributed by atoms with Crippen molar-refractivity contribution in [3.8, 4) is 11.1 Å². The third kappa shape index (κ3) is 3.86. The second-order valence-corrected chi connectivity index (χ2v) is 12.0. The van der Waals surface area contributed by atoms with Gasteiger partial charge < -0.3 is 9.32 Å². The fourth-order valence-corrected chi connectivity index (χ4v) is 7.63. The third-order valence-electron chi connectivity index (χ3n) is 8.47. The summed E-state index contributed by atoms with van der Waals surface area (Å²) in [6.45, 7) is 0. The highest BCUT2D eigenvalue weighted by Gasteiger charge is 2.20. The molecule has 0 atom stereocenters. The van der Waals surface area contributed by atoms with Gasteiger partial charge in [0.05, 0.1) is 11.1 Å². The van der Waals surface area contributed by atoms with Crippen LogP contribution in [0, 0.1) is 0 Å². The number of fused-ring (bicyclic) bond motifs is 7. The number of nitrogens with zero attached hydrogens (tertiary/aromatic N) is 1. The average molecular weight is 568 g/mol. The lowest BCUT2D eigenvalue weighted by Crippen LogP contribution is -2.10. The number of benzene rings is 7. The summed E-state index contributed by atoms with van der Waals surface area (Å²) < 4.78 is 8.91. The predicted octanol–water partition coefficient (Wildman–Crippen LogP) is 12.2. The molecule has 43 heavy (non-hydrogen) atoms. The van der Waals surface area contributed by atoms with Crippen LogP contribution < -0.4 is 4.90 Å². The summed E-state index contributed by atoms with van der Waals surface area (Å²) in [6.07, 6.45) is 0. The molecule has 3 heteroatoms. The van der Waals surface area contributed by atoms with Crippen LogP contribution >= 0.6 is 11.3 Å². The van der Waals surface area contributed by atoms with Crippen LogP contribution in [-0.2, 0) is 0 Å². The Morgan fingerprint density at radius 2 is 1.14 bits per heavy atom. The molecule has 0 aliphatic carbocycles. The monoisotopic (exact) mass is 567 g/mol. The lowest BCUT2D eigenvalue weighted by atomic mass is 9.98. The summed E-state index contributed by atoms with van der Waals surface area (Å²) in [5.41, 5.74) is 7.55. The lowest BCUT2D eigenvalue weighted by molar-refractivity contribution is 0.669. The van der Waals surface area contributed by atoms with E-state index < -0.39 is 0 Å². The molecule has 7 aromatic carbocycles. The van der Waals surface area contributed by atoms with E-state index in [4.69, 9.17) is 4.42 Å². The van der Waals surface area contributed by atoms with Gasteiger partial charge in [0, 0.05) is 36.9 Å². The zero-order valence-corrected chi connectivity index (χ0v) is 24.0. The van der Waals surface area contributed by atoms with Crippen molar-refractivity contribution in [1.29, 1.82) is 0 Å². The van der Waals surface area contributed by atoms with Gasteiger partial charge in [-0.05, 0) is 70.4 Å². The van der Waals surface area contributed by atoms with Gasteiger partial charge in [0.25, 0.3) is 0 Å². The maximum Gasteiger partial charge on any atom is 0.137 e. The van der Waals surface area contributed by atoms with Gasteiger partial charge in [0.1, 0.15) is 11.2 Å². The van der Waals surface area contributed by atoms with Gasteiger partial charge in [-0.1, -0.05) is 103 Å². The van der Waals surface area contributed by atoms with Gasteiger partial charge >= 0.3 is 0 Å². The van der Waals surface area contributed by atoms with Crippen LogP contribution in [-0.4, -0.2) is 0 Å². The molecule has 2 nitrogen and oxygen atoms in total. The molecule has 202 valence electrons. The van der Waals surface area contributed by atoms with E-state index in [0.29, 0.717) is 0 Å². The van der Waals surface area contributed by atoms with E-state index >= 15 is 0 Å². The van der Waals surface area contributed by atoms with Crippen molar-refractivity contribution in [3.05, 3.63) is 152 Å². The van der Waals surface area contributed by atoms with E-state index in [9.17, 15) is 0 Å². The van der Waals surface area contributed by atoms with Crippen molar-refractivity contribution in [2.75, 3.05) is 4.90 Å².